The molecule has 1 aromatic heterocycles. The number of hydrogen-bond acceptors (Lipinski definition) is 4. The predicted octanol–water partition coefficient (Wildman–Crippen LogP) is 2.26. The molecule has 7 heteroatoms. The van der Waals surface area contributed by atoms with Gasteiger partial charge in [-0.1, -0.05) is 12.1 Å². The zero-order valence-corrected chi connectivity index (χ0v) is 13.2. The van der Waals surface area contributed by atoms with Crippen LogP contribution in [0.15, 0.2) is 36.7 Å². The molecule has 3 rings (SSSR count). The first-order valence-corrected chi connectivity index (χ1v) is 7.91. The number of hydrogen-bond donors (Lipinski definition) is 2. The van der Waals surface area contributed by atoms with Crippen molar-refractivity contribution >= 4 is 11.7 Å². The molecular formula is C17H19N5O2. The van der Waals surface area contributed by atoms with Crippen molar-refractivity contribution in [2.24, 2.45) is 0 Å². The van der Waals surface area contributed by atoms with Gasteiger partial charge in [-0.15, -0.1) is 0 Å². The van der Waals surface area contributed by atoms with Gasteiger partial charge < -0.3 is 15.4 Å². The van der Waals surface area contributed by atoms with Gasteiger partial charge in [0.25, 0.3) is 0 Å². The largest absolute Gasteiger partial charge is 0.376 e. The second-order valence-electron chi connectivity index (χ2n) is 5.71. The molecule has 2 amide bonds. The lowest BCUT2D eigenvalue weighted by Gasteiger charge is -2.08. The number of carbonyl (C=O) groups is 1. The number of nitrogens with one attached hydrogen (secondary N) is 2. The standard InChI is InChI=1S/C17H19N5O2/c18-8-13-3-1-4-14(7-13)9-19-17(23)21-15-10-20-22(11-15)12-16-5-2-6-24-16/h1,3-4,7,10-11,16H,2,5-6,9,12H2,(H2,19,21,23). The molecule has 2 heterocycles. The van der Waals surface area contributed by atoms with Crippen LogP contribution in [0.1, 0.15) is 24.0 Å². The van der Waals surface area contributed by atoms with E-state index in [1.807, 2.05) is 6.07 Å². The molecule has 1 atom stereocenters. The third kappa shape index (κ3) is 4.33. The number of amides is 2. The summed E-state index contributed by atoms with van der Waals surface area (Å²) in [5, 5.41) is 18.6. The lowest BCUT2D eigenvalue weighted by atomic mass is 10.1. The van der Waals surface area contributed by atoms with Crippen molar-refractivity contribution in [1.29, 1.82) is 5.26 Å². The Labute approximate surface area is 140 Å². The van der Waals surface area contributed by atoms with Gasteiger partial charge in [0.1, 0.15) is 0 Å². The molecule has 7 nitrogen and oxygen atoms in total. The number of nitriles is 1. The molecule has 0 bridgehead atoms. The maximum atomic E-state index is 11.9. The van der Waals surface area contributed by atoms with E-state index >= 15 is 0 Å². The Hall–Kier alpha value is -2.85. The van der Waals surface area contributed by atoms with Crippen molar-refractivity contribution in [2.75, 3.05) is 11.9 Å². The highest BCUT2D eigenvalue weighted by atomic mass is 16.5. The first-order valence-electron chi connectivity index (χ1n) is 7.91. The lowest BCUT2D eigenvalue weighted by molar-refractivity contribution is 0.0940. The lowest BCUT2D eigenvalue weighted by Crippen LogP contribution is -2.28. The number of urea groups is 1. The highest BCUT2D eigenvalue weighted by molar-refractivity contribution is 5.88. The molecule has 2 N–H and O–H groups in total. The average molecular weight is 325 g/mol. The van der Waals surface area contributed by atoms with Crippen LogP contribution in [0.4, 0.5) is 10.5 Å². The summed E-state index contributed by atoms with van der Waals surface area (Å²) in [5.41, 5.74) is 2.08. The fourth-order valence-corrected chi connectivity index (χ4v) is 2.63. The van der Waals surface area contributed by atoms with Crippen LogP contribution in [-0.4, -0.2) is 28.5 Å². The van der Waals surface area contributed by atoms with Gasteiger partial charge in [-0.3, -0.25) is 4.68 Å². The molecule has 0 spiro atoms. The topological polar surface area (TPSA) is 92.0 Å². The van der Waals surface area contributed by atoms with Crippen LogP contribution < -0.4 is 10.6 Å². The molecule has 1 unspecified atom stereocenters. The van der Waals surface area contributed by atoms with Crippen LogP contribution >= 0.6 is 0 Å². The van der Waals surface area contributed by atoms with Crippen molar-refractivity contribution < 1.29 is 9.53 Å². The van der Waals surface area contributed by atoms with Crippen molar-refractivity contribution in [3.05, 3.63) is 47.8 Å². The van der Waals surface area contributed by atoms with Gasteiger partial charge in [0.15, 0.2) is 0 Å². The first-order chi connectivity index (χ1) is 11.7. The Morgan fingerprint density at radius 2 is 2.42 bits per heavy atom. The van der Waals surface area contributed by atoms with E-state index in [9.17, 15) is 4.79 Å². The number of benzene rings is 1. The SMILES string of the molecule is N#Cc1cccc(CNC(=O)Nc2cnn(CC3CCCO3)c2)c1. The molecule has 24 heavy (non-hydrogen) atoms. The molecule has 1 fully saturated rings. The van der Waals surface area contributed by atoms with Gasteiger partial charge in [0, 0.05) is 19.3 Å². The Bertz CT molecular complexity index is 743. The van der Waals surface area contributed by atoms with E-state index in [4.69, 9.17) is 10.00 Å². The minimum Gasteiger partial charge on any atom is -0.376 e. The zero-order chi connectivity index (χ0) is 16.8. The molecule has 0 aliphatic carbocycles. The predicted molar refractivity (Wildman–Crippen MR) is 88.2 cm³/mol. The summed E-state index contributed by atoms with van der Waals surface area (Å²) in [6, 6.07) is 8.90. The van der Waals surface area contributed by atoms with E-state index in [1.165, 1.54) is 0 Å². The number of carbonyl (C=O) groups excluding carboxylic acids is 1. The van der Waals surface area contributed by atoms with Gasteiger partial charge in [-0.2, -0.15) is 10.4 Å². The van der Waals surface area contributed by atoms with Crippen LogP contribution in [0.25, 0.3) is 0 Å². The second kappa shape index (κ2) is 7.62. The minimum atomic E-state index is -0.311. The summed E-state index contributed by atoms with van der Waals surface area (Å²) in [6.45, 7) is 1.86. The Balaban J connectivity index is 1.48. The molecule has 1 aliphatic heterocycles. The van der Waals surface area contributed by atoms with Gasteiger partial charge in [-0.05, 0) is 30.5 Å². The maximum Gasteiger partial charge on any atom is 0.319 e. The van der Waals surface area contributed by atoms with E-state index in [0.717, 1.165) is 25.0 Å². The number of rotatable bonds is 5. The van der Waals surface area contributed by atoms with Gasteiger partial charge in [-0.25, -0.2) is 4.79 Å². The van der Waals surface area contributed by atoms with Crippen LogP contribution in [0, 0.1) is 11.3 Å². The quantitative estimate of drug-likeness (QED) is 0.882. The van der Waals surface area contributed by atoms with E-state index in [0.29, 0.717) is 24.3 Å². The van der Waals surface area contributed by atoms with E-state index in [-0.39, 0.29) is 12.1 Å². The highest BCUT2D eigenvalue weighted by Crippen LogP contribution is 2.15. The minimum absolute atomic E-state index is 0.207. The summed E-state index contributed by atoms with van der Waals surface area (Å²) < 4.78 is 7.35. The maximum absolute atomic E-state index is 11.9. The third-order valence-corrected chi connectivity index (χ3v) is 3.81. The number of aromatic nitrogens is 2. The molecule has 124 valence electrons. The fraction of sp³-hybridized carbons (Fsp3) is 0.353. The monoisotopic (exact) mass is 325 g/mol. The summed E-state index contributed by atoms with van der Waals surface area (Å²) in [5.74, 6) is 0. The van der Waals surface area contributed by atoms with Crippen LogP contribution in [0.5, 0.6) is 0 Å². The molecular weight excluding hydrogens is 306 g/mol. The van der Waals surface area contributed by atoms with Gasteiger partial charge in [0.05, 0.1) is 36.2 Å². The zero-order valence-electron chi connectivity index (χ0n) is 13.2. The smallest absolute Gasteiger partial charge is 0.319 e. The van der Waals surface area contributed by atoms with E-state index < -0.39 is 0 Å². The molecule has 1 aliphatic rings. The summed E-state index contributed by atoms with van der Waals surface area (Å²) >= 11 is 0. The Kier molecular flexibility index (Phi) is 5.08. The van der Waals surface area contributed by atoms with Gasteiger partial charge >= 0.3 is 6.03 Å². The average Bonchev–Trinajstić information content (AvgIpc) is 3.26. The van der Waals surface area contributed by atoms with Crippen LogP contribution in [0.3, 0.4) is 0 Å². The Morgan fingerprint density at radius 3 is 3.21 bits per heavy atom. The van der Waals surface area contributed by atoms with Crippen LogP contribution in [0.2, 0.25) is 0 Å². The Morgan fingerprint density at radius 1 is 1.50 bits per heavy atom. The summed E-state index contributed by atoms with van der Waals surface area (Å²) in [6.07, 6.45) is 5.75. The summed E-state index contributed by atoms with van der Waals surface area (Å²) in [4.78, 5) is 11.9. The van der Waals surface area contributed by atoms with Crippen molar-refractivity contribution in [3.63, 3.8) is 0 Å². The second-order valence-corrected chi connectivity index (χ2v) is 5.71. The van der Waals surface area contributed by atoms with Crippen molar-refractivity contribution in [2.45, 2.75) is 32.0 Å². The molecule has 0 radical (unpaired) electrons. The van der Waals surface area contributed by atoms with E-state index in [1.54, 1.807) is 35.3 Å². The van der Waals surface area contributed by atoms with Crippen LogP contribution in [-0.2, 0) is 17.8 Å². The van der Waals surface area contributed by atoms with Gasteiger partial charge in [0.2, 0.25) is 0 Å². The molecule has 2 aromatic rings. The number of anilines is 1. The molecule has 1 aromatic carbocycles. The number of ether oxygens (including phenoxy) is 1. The third-order valence-electron chi connectivity index (χ3n) is 3.81. The highest BCUT2D eigenvalue weighted by Gasteiger charge is 2.16. The normalized spacial score (nSPS) is 16.5. The van der Waals surface area contributed by atoms with E-state index in [2.05, 4.69) is 21.8 Å². The van der Waals surface area contributed by atoms with Crippen molar-refractivity contribution in [1.82, 2.24) is 15.1 Å². The summed E-state index contributed by atoms with van der Waals surface area (Å²) in [7, 11) is 0. The molecule has 0 saturated carbocycles. The first kappa shape index (κ1) is 16.0. The number of nitrogens with zero attached hydrogens (tertiary/aromatic N) is 3. The fourth-order valence-electron chi connectivity index (χ4n) is 2.63. The molecule has 1 saturated heterocycles. The van der Waals surface area contributed by atoms with Crippen molar-refractivity contribution in [3.8, 4) is 6.07 Å².